The Morgan fingerprint density at radius 2 is 1.81 bits per heavy atom. The molecule has 1 aliphatic carbocycles. The van der Waals surface area contributed by atoms with Gasteiger partial charge in [0.2, 0.25) is 10.0 Å². The highest BCUT2D eigenvalue weighted by atomic mass is 35.5. The molecule has 1 fully saturated rings. The predicted molar refractivity (Wildman–Crippen MR) is 85.4 cm³/mol. The number of hydrogen-bond donors (Lipinski definition) is 2. The quantitative estimate of drug-likeness (QED) is 0.835. The number of rotatable bonds is 4. The van der Waals surface area contributed by atoms with Crippen LogP contribution in [0.15, 0.2) is 29.7 Å². The summed E-state index contributed by atoms with van der Waals surface area (Å²) in [4.78, 5) is 0. The van der Waals surface area contributed by atoms with Gasteiger partial charge < -0.3 is 5.11 Å². The molecule has 1 aromatic rings. The van der Waals surface area contributed by atoms with Crippen molar-refractivity contribution in [3.8, 4) is 0 Å². The zero-order valence-electron chi connectivity index (χ0n) is 11.7. The van der Waals surface area contributed by atoms with Crippen LogP contribution in [0.4, 0.5) is 0 Å². The summed E-state index contributed by atoms with van der Waals surface area (Å²) in [6, 6.07) is 6.50. The zero-order chi connectivity index (χ0) is 15.3. The number of hydrogen-bond acceptors (Lipinski definition) is 3. The van der Waals surface area contributed by atoms with Crippen LogP contribution in [-0.4, -0.2) is 25.7 Å². The van der Waals surface area contributed by atoms with Crippen molar-refractivity contribution in [2.24, 2.45) is 0 Å². The van der Waals surface area contributed by atoms with Crippen molar-refractivity contribution in [2.75, 3.05) is 0 Å². The minimum Gasteiger partial charge on any atom is -0.391 e. The predicted octanol–water partition coefficient (Wildman–Crippen LogP) is 2.92. The molecule has 4 nitrogen and oxygen atoms in total. The van der Waals surface area contributed by atoms with E-state index in [-0.39, 0.29) is 0 Å². The topological polar surface area (TPSA) is 66.4 Å². The van der Waals surface area contributed by atoms with Crippen LogP contribution >= 0.6 is 11.6 Å². The Bertz CT molecular complexity index is 583. The molecule has 2 rings (SSSR count). The van der Waals surface area contributed by atoms with Gasteiger partial charge in [-0.05, 0) is 36.6 Å². The Hall–Kier alpha value is -0.880. The molecule has 2 N–H and O–H groups in total. The van der Waals surface area contributed by atoms with E-state index >= 15 is 0 Å². The Kier molecular flexibility index (Phi) is 5.81. The Morgan fingerprint density at radius 1 is 1.14 bits per heavy atom. The summed E-state index contributed by atoms with van der Waals surface area (Å²) in [7, 11) is -3.56. The molecule has 0 amide bonds. The number of halogens is 1. The van der Waals surface area contributed by atoms with E-state index in [1.807, 2.05) is 0 Å². The number of aliphatic hydroxyl groups excluding tert-OH is 1. The highest BCUT2D eigenvalue weighted by Crippen LogP contribution is 2.19. The lowest BCUT2D eigenvalue weighted by molar-refractivity contribution is 0.130. The molecule has 1 aromatic carbocycles. The second kappa shape index (κ2) is 7.40. The van der Waals surface area contributed by atoms with Gasteiger partial charge in [0, 0.05) is 16.5 Å². The molecule has 0 radical (unpaired) electrons. The van der Waals surface area contributed by atoms with Crippen LogP contribution in [0.3, 0.4) is 0 Å². The summed E-state index contributed by atoms with van der Waals surface area (Å²) < 4.78 is 26.7. The van der Waals surface area contributed by atoms with Gasteiger partial charge in [0.25, 0.3) is 0 Å². The Balaban J connectivity index is 2.02. The average Bonchev–Trinajstić information content (AvgIpc) is 2.63. The molecule has 0 heterocycles. The van der Waals surface area contributed by atoms with Crippen molar-refractivity contribution in [3.05, 3.63) is 40.3 Å². The molecule has 116 valence electrons. The first-order chi connectivity index (χ1) is 9.96. The lowest BCUT2D eigenvalue weighted by Crippen LogP contribution is -2.41. The first-order valence-electron chi connectivity index (χ1n) is 7.10. The highest BCUT2D eigenvalue weighted by molar-refractivity contribution is 7.92. The Labute approximate surface area is 130 Å². The van der Waals surface area contributed by atoms with Crippen molar-refractivity contribution in [1.29, 1.82) is 0 Å². The van der Waals surface area contributed by atoms with Gasteiger partial charge in [-0.3, -0.25) is 0 Å². The van der Waals surface area contributed by atoms with E-state index < -0.39 is 22.2 Å². The first kappa shape index (κ1) is 16.5. The summed E-state index contributed by atoms with van der Waals surface area (Å²) in [6.07, 6.45) is 5.15. The third-order valence-corrected chi connectivity index (χ3v) is 4.98. The standard InChI is InChI=1S/C15H20ClNO3S/c16-13-8-6-12(7-9-13)10-11-21(19,20)17-14-4-2-1-3-5-15(14)18/h6-11,14-15,17-18H,1-5H2/b11-10+. The minimum absolute atomic E-state index is 0.396. The van der Waals surface area contributed by atoms with Crippen molar-refractivity contribution >= 4 is 27.7 Å². The van der Waals surface area contributed by atoms with Gasteiger partial charge in [0.05, 0.1) is 6.10 Å². The summed E-state index contributed by atoms with van der Waals surface area (Å²) in [6.45, 7) is 0. The maximum absolute atomic E-state index is 12.1. The van der Waals surface area contributed by atoms with Gasteiger partial charge in [-0.25, -0.2) is 13.1 Å². The number of aliphatic hydroxyl groups is 1. The summed E-state index contributed by atoms with van der Waals surface area (Å²) >= 11 is 5.78. The molecule has 2 atom stereocenters. The van der Waals surface area contributed by atoms with E-state index in [9.17, 15) is 13.5 Å². The molecule has 0 spiro atoms. The molecule has 1 aliphatic rings. The van der Waals surface area contributed by atoms with Gasteiger partial charge in [-0.1, -0.05) is 43.0 Å². The highest BCUT2D eigenvalue weighted by Gasteiger charge is 2.24. The lowest BCUT2D eigenvalue weighted by Gasteiger charge is -2.20. The van der Waals surface area contributed by atoms with E-state index in [1.54, 1.807) is 24.3 Å². The van der Waals surface area contributed by atoms with E-state index in [1.165, 1.54) is 6.08 Å². The molecule has 0 aliphatic heterocycles. The molecular weight excluding hydrogens is 310 g/mol. The van der Waals surface area contributed by atoms with E-state index in [0.29, 0.717) is 17.9 Å². The van der Waals surface area contributed by atoms with E-state index in [2.05, 4.69) is 4.72 Å². The molecule has 21 heavy (non-hydrogen) atoms. The van der Waals surface area contributed by atoms with Gasteiger partial charge >= 0.3 is 0 Å². The smallest absolute Gasteiger partial charge is 0.234 e. The van der Waals surface area contributed by atoms with Crippen LogP contribution in [0.5, 0.6) is 0 Å². The summed E-state index contributed by atoms with van der Waals surface area (Å²) in [5.41, 5.74) is 0.756. The fraction of sp³-hybridized carbons (Fsp3) is 0.467. The monoisotopic (exact) mass is 329 g/mol. The second-order valence-electron chi connectivity index (χ2n) is 5.33. The number of nitrogens with one attached hydrogen (secondary N) is 1. The maximum atomic E-state index is 12.1. The fourth-order valence-electron chi connectivity index (χ4n) is 2.42. The van der Waals surface area contributed by atoms with E-state index in [4.69, 9.17) is 11.6 Å². The molecule has 1 saturated carbocycles. The van der Waals surface area contributed by atoms with Gasteiger partial charge in [-0.2, -0.15) is 0 Å². The third kappa shape index (κ3) is 5.43. The summed E-state index contributed by atoms with van der Waals surface area (Å²) in [5.74, 6) is 0. The maximum Gasteiger partial charge on any atom is 0.234 e. The van der Waals surface area contributed by atoms with Crippen LogP contribution in [-0.2, 0) is 10.0 Å². The molecule has 6 heteroatoms. The van der Waals surface area contributed by atoms with Crippen LogP contribution < -0.4 is 4.72 Å². The molecular formula is C15H20ClNO3S. The summed E-state index contributed by atoms with van der Waals surface area (Å²) in [5, 5.41) is 11.7. The molecule has 0 saturated heterocycles. The normalized spacial score (nSPS) is 24.1. The SMILES string of the molecule is O=S(=O)(/C=C/c1ccc(Cl)cc1)NC1CCCCCC1O. The van der Waals surface area contributed by atoms with Gasteiger partial charge in [-0.15, -0.1) is 0 Å². The molecule has 0 aromatic heterocycles. The fourth-order valence-corrected chi connectivity index (χ4v) is 3.66. The van der Waals surface area contributed by atoms with Crippen molar-refractivity contribution < 1.29 is 13.5 Å². The van der Waals surface area contributed by atoms with Crippen LogP contribution in [0.1, 0.15) is 37.7 Å². The Morgan fingerprint density at radius 3 is 2.52 bits per heavy atom. The van der Waals surface area contributed by atoms with Crippen LogP contribution in [0.25, 0.3) is 6.08 Å². The largest absolute Gasteiger partial charge is 0.391 e. The lowest BCUT2D eigenvalue weighted by atomic mass is 10.1. The van der Waals surface area contributed by atoms with Crippen molar-refractivity contribution in [2.45, 2.75) is 44.2 Å². The molecule has 2 unspecified atom stereocenters. The third-order valence-electron chi connectivity index (χ3n) is 3.60. The van der Waals surface area contributed by atoms with Crippen molar-refractivity contribution in [3.63, 3.8) is 0 Å². The minimum atomic E-state index is -3.56. The zero-order valence-corrected chi connectivity index (χ0v) is 13.3. The number of benzene rings is 1. The van der Waals surface area contributed by atoms with Crippen LogP contribution in [0.2, 0.25) is 5.02 Å². The van der Waals surface area contributed by atoms with E-state index in [0.717, 1.165) is 30.2 Å². The molecule has 0 bridgehead atoms. The first-order valence-corrected chi connectivity index (χ1v) is 9.03. The second-order valence-corrected chi connectivity index (χ2v) is 7.36. The number of sulfonamides is 1. The average molecular weight is 330 g/mol. The van der Waals surface area contributed by atoms with Crippen molar-refractivity contribution in [1.82, 2.24) is 4.72 Å². The van der Waals surface area contributed by atoms with Gasteiger partial charge in [0.1, 0.15) is 0 Å². The van der Waals surface area contributed by atoms with Gasteiger partial charge in [0.15, 0.2) is 0 Å². The van der Waals surface area contributed by atoms with Crippen LogP contribution in [0, 0.1) is 0 Å².